The molecule has 0 spiro atoms. The summed E-state index contributed by atoms with van der Waals surface area (Å²) in [6.45, 7) is 4.21. The zero-order chi connectivity index (χ0) is 9.40. The molecule has 0 amide bonds. The van der Waals surface area contributed by atoms with E-state index in [0.717, 1.165) is 12.8 Å². The summed E-state index contributed by atoms with van der Waals surface area (Å²) in [6.07, 6.45) is 1.68. The second-order valence-electron chi connectivity index (χ2n) is 2.53. The van der Waals surface area contributed by atoms with Crippen molar-refractivity contribution in [1.29, 1.82) is 0 Å². The molecule has 0 rings (SSSR count). The molecule has 1 atom stereocenters. The molecule has 0 fully saturated rings. The van der Waals surface area contributed by atoms with Gasteiger partial charge in [-0.25, -0.2) is 0 Å². The number of thiocarbonyl (C=S) groups is 1. The largest absolute Gasteiger partial charge is 0.330 e. The monoisotopic (exact) mass is 210 g/mol. The fourth-order valence-corrected chi connectivity index (χ4v) is 1.39. The first-order chi connectivity index (χ1) is 5.66. The summed E-state index contributed by atoms with van der Waals surface area (Å²) < 4.78 is 9.98. The van der Waals surface area contributed by atoms with E-state index >= 15 is 0 Å². The molecule has 1 N–H and O–H groups in total. The van der Waals surface area contributed by atoms with Crippen molar-refractivity contribution in [3.63, 3.8) is 0 Å². The van der Waals surface area contributed by atoms with E-state index in [0.29, 0.717) is 6.61 Å². The van der Waals surface area contributed by atoms with Gasteiger partial charge in [0.1, 0.15) is 0 Å². The van der Waals surface area contributed by atoms with Crippen LogP contribution >= 0.6 is 20.8 Å². The van der Waals surface area contributed by atoms with E-state index in [-0.39, 0.29) is 6.10 Å². The van der Waals surface area contributed by atoms with Crippen LogP contribution in [0, 0.1) is 0 Å². The summed E-state index contributed by atoms with van der Waals surface area (Å²) in [5.74, 6) is 0. The Morgan fingerprint density at radius 2 is 2.25 bits per heavy atom. The van der Waals surface area contributed by atoms with Crippen LogP contribution in [0.3, 0.4) is 0 Å². The van der Waals surface area contributed by atoms with Crippen LogP contribution in [0.4, 0.5) is 0 Å². The Balaban J connectivity index is 3.19. The van der Waals surface area contributed by atoms with E-state index in [4.69, 9.17) is 13.9 Å². The Morgan fingerprint density at radius 1 is 1.58 bits per heavy atom. The van der Waals surface area contributed by atoms with Gasteiger partial charge in [0.25, 0.3) is 0 Å². The second kappa shape index (κ2) is 8.02. The molecule has 0 aliphatic heterocycles. The summed E-state index contributed by atoms with van der Waals surface area (Å²) in [7, 11) is -1.68. The third-order valence-electron chi connectivity index (χ3n) is 0.969. The van der Waals surface area contributed by atoms with Gasteiger partial charge in [0.15, 0.2) is 0 Å². The van der Waals surface area contributed by atoms with Crippen molar-refractivity contribution in [1.82, 2.24) is 0 Å². The third kappa shape index (κ3) is 8.50. The van der Waals surface area contributed by atoms with E-state index in [1.54, 1.807) is 5.37 Å². The highest BCUT2D eigenvalue weighted by molar-refractivity contribution is 7.78. The Kier molecular flexibility index (Phi) is 8.29. The first kappa shape index (κ1) is 12.4. The van der Waals surface area contributed by atoms with Crippen LogP contribution in [0.1, 0.15) is 26.7 Å². The van der Waals surface area contributed by atoms with Gasteiger partial charge in [0.05, 0.1) is 12.7 Å². The van der Waals surface area contributed by atoms with Gasteiger partial charge < -0.3 is 13.9 Å². The molecule has 0 bridgehead atoms. The highest BCUT2D eigenvalue weighted by Crippen LogP contribution is 2.34. The maximum Gasteiger partial charge on any atom is 0.330 e. The van der Waals surface area contributed by atoms with Crippen LogP contribution in [-0.4, -0.2) is 23.0 Å². The van der Waals surface area contributed by atoms with Crippen molar-refractivity contribution in [3.8, 4) is 0 Å². The van der Waals surface area contributed by atoms with Gasteiger partial charge in [0, 0.05) is 0 Å². The molecule has 3 nitrogen and oxygen atoms in total. The van der Waals surface area contributed by atoms with Gasteiger partial charge in [-0.1, -0.05) is 12.2 Å². The molecule has 0 aromatic rings. The molecule has 5 heteroatoms. The Hall–Kier alpha value is 0.400. The maximum atomic E-state index is 9.10. The average Bonchev–Trinajstić information content (AvgIpc) is 1.97. The predicted octanol–water partition coefficient (Wildman–Crippen LogP) is 2.43. The van der Waals surface area contributed by atoms with Crippen molar-refractivity contribution >= 4 is 26.2 Å². The summed E-state index contributed by atoms with van der Waals surface area (Å²) in [5.41, 5.74) is 0. The molecule has 0 saturated carbocycles. The van der Waals surface area contributed by atoms with Crippen molar-refractivity contribution in [2.45, 2.75) is 32.8 Å². The molecule has 72 valence electrons. The molecule has 0 aromatic heterocycles. The van der Waals surface area contributed by atoms with E-state index < -0.39 is 8.60 Å². The van der Waals surface area contributed by atoms with Crippen LogP contribution in [-0.2, 0) is 9.05 Å². The van der Waals surface area contributed by atoms with Gasteiger partial charge in [-0.2, -0.15) is 0 Å². The minimum absolute atomic E-state index is 0.00614. The molecule has 12 heavy (non-hydrogen) atoms. The predicted molar refractivity (Wildman–Crippen MR) is 54.2 cm³/mol. The summed E-state index contributed by atoms with van der Waals surface area (Å²) in [6, 6.07) is 0. The minimum atomic E-state index is -1.68. The molecule has 0 aliphatic carbocycles. The van der Waals surface area contributed by atoms with Gasteiger partial charge in [0.2, 0.25) is 0 Å². The molecule has 0 aromatic carbocycles. The van der Waals surface area contributed by atoms with E-state index in [9.17, 15) is 0 Å². The SMILES string of the molecule is CC(C)OP(O)OCCCC=S. The van der Waals surface area contributed by atoms with Crippen LogP contribution < -0.4 is 0 Å². The zero-order valence-corrected chi connectivity index (χ0v) is 9.11. The summed E-state index contributed by atoms with van der Waals surface area (Å²) in [4.78, 5) is 9.10. The fourth-order valence-electron chi connectivity index (χ4n) is 0.520. The topological polar surface area (TPSA) is 38.7 Å². The zero-order valence-electron chi connectivity index (χ0n) is 7.40. The third-order valence-corrected chi connectivity index (χ3v) is 2.21. The molecule has 1 unspecified atom stereocenters. The Bertz CT molecular complexity index is 121. The van der Waals surface area contributed by atoms with Gasteiger partial charge in [-0.15, -0.1) is 0 Å². The lowest BCUT2D eigenvalue weighted by molar-refractivity contribution is 0.164. The molecule has 0 heterocycles. The summed E-state index contributed by atoms with van der Waals surface area (Å²) >= 11 is 4.63. The smallest absolute Gasteiger partial charge is 0.328 e. The Morgan fingerprint density at radius 3 is 2.75 bits per heavy atom. The second-order valence-corrected chi connectivity index (χ2v) is 3.81. The molecular weight excluding hydrogens is 195 g/mol. The van der Waals surface area contributed by atoms with Crippen LogP contribution in [0.2, 0.25) is 0 Å². The van der Waals surface area contributed by atoms with Crippen LogP contribution in [0.15, 0.2) is 0 Å². The average molecular weight is 210 g/mol. The van der Waals surface area contributed by atoms with Crippen molar-refractivity contribution in [2.24, 2.45) is 0 Å². The number of hydrogen-bond donors (Lipinski definition) is 1. The Labute approximate surface area is 80.1 Å². The molecule has 0 aliphatic rings. The van der Waals surface area contributed by atoms with Crippen molar-refractivity contribution < 1.29 is 13.9 Å². The summed E-state index contributed by atoms with van der Waals surface area (Å²) in [5, 5.41) is 1.66. The first-order valence-electron chi connectivity index (χ1n) is 3.89. The van der Waals surface area contributed by atoms with Crippen LogP contribution in [0.5, 0.6) is 0 Å². The van der Waals surface area contributed by atoms with Crippen LogP contribution in [0.25, 0.3) is 0 Å². The van der Waals surface area contributed by atoms with E-state index in [1.807, 2.05) is 13.8 Å². The van der Waals surface area contributed by atoms with E-state index in [1.165, 1.54) is 0 Å². The lowest BCUT2D eigenvalue weighted by Gasteiger charge is -2.12. The maximum absolute atomic E-state index is 9.10. The number of hydrogen-bond acceptors (Lipinski definition) is 4. The first-order valence-corrected chi connectivity index (χ1v) is 5.49. The standard InChI is InChI=1S/C7H15O3PS/c1-7(2)10-11(8)9-5-3-4-6-12/h6-8H,3-5H2,1-2H3. The lowest BCUT2D eigenvalue weighted by Crippen LogP contribution is -2.00. The van der Waals surface area contributed by atoms with Gasteiger partial charge in [-0.05, 0) is 32.1 Å². The number of rotatable bonds is 7. The van der Waals surface area contributed by atoms with Gasteiger partial charge in [-0.3, -0.25) is 0 Å². The minimum Gasteiger partial charge on any atom is -0.328 e. The fraction of sp³-hybridized carbons (Fsp3) is 0.857. The lowest BCUT2D eigenvalue weighted by atomic mass is 10.4. The molecular formula is C7H15O3PS. The number of unbranched alkanes of at least 4 members (excludes halogenated alkanes) is 1. The molecule has 0 saturated heterocycles. The van der Waals surface area contributed by atoms with Crippen molar-refractivity contribution in [3.05, 3.63) is 0 Å². The van der Waals surface area contributed by atoms with Crippen molar-refractivity contribution in [2.75, 3.05) is 6.61 Å². The van der Waals surface area contributed by atoms with E-state index in [2.05, 4.69) is 12.2 Å². The quantitative estimate of drug-likeness (QED) is 0.398. The highest BCUT2D eigenvalue weighted by atomic mass is 32.1. The molecule has 0 radical (unpaired) electrons. The van der Waals surface area contributed by atoms with Gasteiger partial charge >= 0.3 is 8.60 Å². The highest BCUT2D eigenvalue weighted by Gasteiger charge is 2.07. The normalized spacial score (nSPS) is 13.3.